The lowest BCUT2D eigenvalue weighted by Crippen LogP contribution is -2.51. The van der Waals surface area contributed by atoms with E-state index in [2.05, 4.69) is 5.32 Å². The molecule has 1 atom stereocenters. The number of nitrogens with zero attached hydrogens (tertiary/aromatic N) is 1. The van der Waals surface area contributed by atoms with Crippen LogP contribution in [0.5, 0.6) is 0 Å². The van der Waals surface area contributed by atoms with E-state index in [4.69, 9.17) is 9.47 Å². The maximum absolute atomic E-state index is 13.8. The fraction of sp³-hybridized carbons (Fsp3) is 0.682. The van der Waals surface area contributed by atoms with Gasteiger partial charge in [0.2, 0.25) is 0 Å². The molecule has 1 aromatic rings. The summed E-state index contributed by atoms with van der Waals surface area (Å²) >= 11 is 0. The molecule has 5 nitrogen and oxygen atoms in total. The summed E-state index contributed by atoms with van der Waals surface area (Å²) in [6, 6.07) is 6.03. The standard InChI is InChI=1S/C22H31FN2O3/c23-19-3-1-2-4-20(19)24-21(26)25-11-9-22(10-12-25)15-17(8-14-28-22)7-13-27-16-18-5-6-18/h1-4,17-18H,5-16H2,(H,24,26)/t17-/m0/s1. The van der Waals surface area contributed by atoms with E-state index in [1.165, 1.54) is 18.9 Å². The first-order valence-electron chi connectivity index (χ1n) is 10.7. The van der Waals surface area contributed by atoms with Crippen molar-refractivity contribution in [2.45, 2.75) is 50.5 Å². The van der Waals surface area contributed by atoms with E-state index < -0.39 is 5.82 Å². The normalized spacial score (nSPS) is 24.3. The van der Waals surface area contributed by atoms with E-state index in [-0.39, 0.29) is 17.3 Å². The Morgan fingerprint density at radius 3 is 2.75 bits per heavy atom. The van der Waals surface area contributed by atoms with Crippen LogP contribution in [0, 0.1) is 17.7 Å². The molecule has 0 bridgehead atoms. The van der Waals surface area contributed by atoms with Gasteiger partial charge >= 0.3 is 6.03 Å². The van der Waals surface area contributed by atoms with E-state index in [1.54, 1.807) is 23.1 Å². The van der Waals surface area contributed by atoms with Crippen LogP contribution in [0.2, 0.25) is 0 Å². The SMILES string of the molecule is O=C(Nc1ccccc1F)N1CCC2(CC1)C[C@@H](CCOCC1CC1)CCO2. The van der Waals surface area contributed by atoms with Crippen molar-refractivity contribution in [1.29, 1.82) is 0 Å². The first kappa shape index (κ1) is 19.6. The highest BCUT2D eigenvalue weighted by Crippen LogP contribution is 2.39. The Balaban J connectivity index is 1.23. The van der Waals surface area contributed by atoms with Gasteiger partial charge in [0.05, 0.1) is 11.3 Å². The number of nitrogens with one attached hydrogen (secondary N) is 1. The van der Waals surface area contributed by atoms with Crippen molar-refractivity contribution in [3.8, 4) is 0 Å². The quantitative estimate of drug-likeness (QED) is 0.731. The summed E-state index contributed by atoms with van der Waals surface area (Å²) in [6.45, 7) is 3.87. The van der Waals surface area contributed by atoms with Gasteiger partial charge in [-0.05, 0) is 68.9 Å². The highest BCUT2D eigenvalue weighted by atomic mass is 19.1. The molecule has 2 heterocycles. The van der Waals surface area contributed by atoms with Crippen LogP contribution < -0.4 is 5.32 Å². The fourth-order valence-corrected chi connectivity index (χ4v) is 4.38. The second-order valence-electron chi connectivity index (χ2n) is 8.59. The number of carbonyl (C=O) groups is 1. The molecule has 0 radical (unpaired) electrons. The number of carbonyl (C=O) groups excluding carboxylic acids is 1. The van der Waals surface area contributed by atoms with Crippen LogP contribution in [0.4, 0.5) is 14.9 Å². The minimum Gasteiger partial charge on any atom is -0.381 e. The van der Waals surface area contributed by atoms with Crippen LogP contribution in [-0.4, -0.2) is 49.4 Å². The number of para-hydroxylation sites is 1. The molecule has 1 aromatic carbocycles. The van der Waals surface area contributed by atoms with Crippen molar-refractivity contribution >= 4 is 11.7 Å². The fourth-order valence-electron chi connectivity index (χ4n) is 4.38. The first-order valence-corrected chi connectivity index (χ1v) is 10.7. The van der Waals surface area contributed by atoms with Gasteiger partial charge in [0.15, 0.2) is 0 Å². The number of urea groups is 1. The molecule has 2 aliphatic heterocycles. The summed E-state index contributed by atoms with van der Waals surface area (Å²) in [6.07, 6.45) is 7.63. The maximum atomic E-state index is 13.8. The summed E-state index contributed by atoms with van der Waals surface area (Å²) in [4.78, 5) is 14.2. The van der Waals surface area contributed by atoms with Crippen molar-refractivity contribution in [1.82, 2.24) is 4.90 Å². The predicted octanol–water partition coefficient (Wildman–Crippen LogP) is 4.44. The number of hydrogen-bond donors (Lipinski definition) is 1. The molecule has 1 saturated carbocycles. The monoisotopic (exact) mass is 390 g/mol. The second-order valence-corrected chi connectivity index (χ2v) is 8.59. The van der Waals surface area contributed by atoms with Crippen LogP contribution in [0.3, 0.4) is 0 Å². The largest absolute Gasteiger partial charge is 0.381 e. The average molecular weight is 390 g/mol. The Morgan fingerprint density at radius 2 is 2.00 bits per heavy atom. The van der Waals surface area contributed by atoms with Crippen molar-refractivity contribution in [2.24, 2.45) is 11.8 Å². The first-order chi connectivity index (χ1) is 13.6. The van der Waals surface area contributed by atoms with Crippen molar-refractivity contribution in [2.75, 3.05) is 38.2 Å². The summed E-state index contributed by atoms with van der Waals surface area (Å²) < 4.78 is 25.8. The molecule has 4 rings (SSSR count). The minimum atomic E-state index is -0.410. The smallest absolute Gasteiger partial charge is 0.321 e. The van der Waals surface area contributed by atoms with Crippen molar-refractivity contribution < 1.29 is 18.7 Å². The van der Waals surface area contributed by atoms with Gasteiger partial charge in [0.25, 0.3) is 0 Å². The lowest BCUT2D eigenvalue weighted by molar-refractivity contribution is -0.125. The molecule has 0 unspecified atom stereocenters. The number of halogens is 1. The third-order valence-electron chi connectivity index (χ3n) is 6.39. The molecule has 28 heavy (non-hydrogen) atoms. The molecular formula is C22H31FN2O3. The molecule has 0 aromatic heterocycles. The molecule has 2 saturated heterocycles. The van der Waals surface area contributed by atoms with E-state index in [0.717, 1.165) is 57.8 Å². The zero-order valence-corrected chi connectivity index (χ0v) is 16.5. The Bertz CT molecular complexity index is 672. The number of piperidine rings is 1. The zero-order valence-electron chi connectivity index (χ0n) is 16.5. The van der Waals surface area contributed by atoms with Crippen LogP contribution >= 0.6 is 0 Å². The Labute approximate surface area is 166 Å². The number of amides is 2. The van der Waals surface area contributed by atoms with Crippen LogP contribution in [-0.2, 0) is 9.47 Å². The van der Waals surface area contributed by atoms with Crippen LogP contribution in [0.1, 0.15) is 44.9 Å². The van der Waals surface area contributed by atoms with Gasteiger partial charge in [-0.15, -0.1) is 0 Å². The summed E-state index contributed by atoms with van der Waals surface area (Å²) in [7, 11) is 0. The number of anilines is 1. The van der Waals surface area contributed by atoms with Gasteiger partial charge in [0, 0.05) is 32.9 Å². The van der Waals surface area contributed by atoms with Gasteiger partial charge in [-0.1, -0.05) is 12.1 Å². The molecule has 1 spiro atoms. The second kappa shape index (κ2) is 8.78. The number of hydrogen-bond acceptors (Lipinski definition) is 3. The lowest BCUT2D eigenvalue weighted by Gasteiger charge is -2.46. The molecular weight excluding hydrogens is 359 g/mol. The van der Waals surface area contributed by atoms with Gasteiger partial charge in [-0.2, -0.15) is 0 Å². The number of rotatable bonds is 6. The van der Waals surface area contributed by atoms with Crippen molar-refractivity contribution in [3.63, 3.8) is 0 Å². The average Bonchev–Trinajstić information content (AvgIpc) is 3.52. The Kier molecular flexibility index (Phi) is 6.16. The Morgan fingerprint density at radius 1 is 1.21 bits per heavy atom. The van der Waals surface area contributed by atoms with E-state index in [9.17, 15) is 9.18 Å². The maximum Gasteiger partial charge on any atom is 0.321 e. The molecule has 2 amide bonds. The minimum absolute atomic E-state index is 0.103. The molecule has 3 fully saturated rings. The van der Waals surface area contributed by atoms with Gasteiger partial charge in [-0.3, -0.25) is 0 Å². The third kappa shape index (κ3) is 5.03. The van der Waals surface area contributed by atoms with Crippen LogP contribution in [0.15, 0.2) is 24.3 Å². The molecule has 154 valence electrons. The highest BCUT2D eigenvalue weighted by molar-refractivity contribution is 5.89. The summed E-state index contributed by atoms with van der Waals surface area (Å²) in [5.41, 5.74) is 0.127. The summed E-state index contributed by atoms with van der Waals surface area (Å²) in [5.74, 6) is 1.05. The van der Waals surface area contributed by atoms with Crippen LogP contribution in [0.25, 0.3) is 0 Å². The van der Waals surface area contributed by atoms with Crippen molar-refractivity contribution in [3.05, 3.63) is 30.1 Å². The highest BCUT2D eigenvalue weighted by Gasteiger charge is 2.41. The van der Waals surface area contributed by atoms with E-state index in [1.807, 2.05) is 0 Å². The molecule has 1 N–H and O–H groups in total. The third-order valence-corrected chi connectivity index (χ3v) is 6.39. The topological polar surface area (TPSA) is 50.8 Å². The van der Waals surface area contributed by atoms with Gasteiger partial charge in [0.1, 0.15) is 5.82 Å². The molecule has 1 aliphatic carbocycles. The van der Waals surface area contributed by atoms with E-state index >= 15 is 0 Å². The summed E-state index contributed by atoms with van der Waals surface area (Å²) in [5, 5.41) is 2.68. The van der Waals surface area contributed by atoms with Gasteiger partial charge < -0.3 is 19.7 Å². The van der Waals surface area contributed by atoms with Gasteiger partial charge in [-0.25, -0.2) is 9.18 Å². The number of ether oxygens (including phenoxy) is 2. The number of likely N-dealkylation sites (tertiary alicyclic amines) is 1. The Hall–Kier alpha value is -1.66. The molecule has 3 aliphatic rings. The molecule has 6 heteroatoms. The lowest BCUT2D eigenvalue weighted by atomic mass is 9.78. The number of benzene rings is 1. The van der Waals surface area contributed by atoms with E-state index in [0.29, 0.717) is 19.0 Å². The predicted molar refractivity (Wildman–Crippen MR) is 106 cm³/mol. The zero-order chi connectivity index (χ0) is 19.4.